The summed E-state index contributed by atoms with van der Waals surface area (Å²) in [6, 6.07) is 13.5. The lowest BCUT2D eigenvalue weighted by Gasteiger charge is -2.22. The normalized spacial score (nSPS) is 11.2. The first-order chi connectivity index (χ1) is 14.9. The largest absolute Gasteiger partial charge is 0.467 e. The zero-order valence-electron chi connectivity index (χ0n) is 17.6. The topological polar surface area (TPSA) is 68.3 Å². The van der Waals surface area contributed by atoms with Crippen LogP contribution in [-0.2, 0) is 24.9 Å². The van der Waals surface area contributed by atoms with Crippen LogP contribution in [0.1, 0.15) is 21.8 Å². The van der Waals surface area contributed by atoms with Crippen LogP contribution in [0.3, 0.4) is 0 Å². The van der Waals surface area contributed by atoms with Crippen LogP contribution >= 0.6 is 23.1 Å². The fraction of sp³-hybridized carbons (Fsp3) is 0.261. The van der Waals surface area contributed by atoms with Gasteiger partial charge in [-0.3, -0.25) is 14.2 Å². The molecular weight excluding hydrogens is 430 g/mol. The second kappa shape index (κ2) is 9.11. The van der Waals surface area contributed by atoms with Gasteiger partial charge < -0.3 is 9.32 Å². The Balaban J connectivity index is 1.54. The summed E-state index contributed by atoms with van der Waals surface area (Å²) in [7, 11) is 1.71. The molecule has 1 aromatic carbocycles. The van der Waals surface area contributed by atoms with Crippen LogP contribution < -0.4 is 5.56 Å². The molecular formula is C23H23N3O3S2. The van der Waals surface area contributed by atoms with Crippen molar-refractivity contribution >= 4 is 39.2 Å². The molecule has 0 aliphatic heterocycles. The van der Waals surface area contributed by atoms with Crippen molar-refractivity contribution < 1.29 is 9.21 Å². The minimum Gasteiger partial charge on any atom is -0.467 e. The summed E-state index contributed by atoms with van der Waals surface area (Å²) in [5.74, 6) is 0.867. The molecule has 4 rings (SSSR count). The van der Waals surface area contributed by atoms with Crippen molar-refractivity contribution in [3.05, 3.63) is 80.8 Å². The first-order valence-corrected chi connectivity index (χ1v) is 11.7. The minimum absolute atomic E-state index is 0.0434. The van der Waals surface area contributed by atoms with Crippen LogP contribution in [0.15, 0.2) is 63.1 Å². The van der Waals surface area contributed by atoms with Gasteiger partial charge in [0, 0.05) is 18.5 Å². The Kier molecular flexibility index (Phi) is 6.29. The van der Waals surface area contributed by atoms with Crippen molar-refractivity contribution in [1.29, 1.82) is 0 Å². The molecule has 0 spiro atoms. The lowest BCUT2D eigenvalue weighted by Crippen LogP contribution is -2.31. The minimum atomic E-state index is -0.0708. The van der Waals surface area contributed by atoms with Crippen LogP contribution in [0.25, 0.3) is 10.2 Å². The van der Waals surface area contributed by atoms with E-state index >= 15 is 0 Å². The Hall–Kier alpha value is -2.84. The fourth-order valence-electron chi connectivity index (χ4n) is 3.33. The molecule has 0 aliphatic rings. The summed E-state index contributed by atoms with van der Waals surface area (Å²) in [4.78, 5) is 34.2. The van der Waals surface area contributed by atoms with Crippen LogP contribution in [0.4, 0.5) is 0 Å². The highest BCUT2D eigenvalue weighted by Gasteiger charge is 2.19. The van der Waals surface area contributed by atoms with Gasteiger partial charge in [-0.25, -0.2) is 4.98 Å². The number of aryl methyl sites for hydroxylation is 2. The van der Waals surface area contributed by atoms with Gasteiger partial charge >= 0.3 is 0 Å². The summed E-state index contributed by atoms with van der Waals surface area (Å²) in [6.45, 7) is 4.81. The molecule has 0 radical (unpaired) electrons. The first-order valence-electron chi connectivity index (χ1n) is 9.87. The molecule has 6 nitrogen and oxygen atoms in total. The van der Waals surface area contributed by atoms with E-state index in [0.717, 1.165) is 26.6 Å². The van der Waals surface area contributed by atoms with Gasteiger partial charge in [-0.1, -0.05) is 42.1 Å². The highest BCUT2D eigenvalue weighted by atomic mass is 32.2. The number of thiophene rings is 1. The molecule has 4 aromatic rings. The molecule has 0 saturated heterocycles. The Morgan fingerprint density at radius 3 is 2.65 bits per heavy atom. The van der Waals surface area contributed by atoms with E-state index in [4.69, 9.17) is 4.42 Å². The number of aromatic nitrogens is 2. The molecule has 1 amide bonds. The molecule has 3 aromatic heterocycles. The molecule has 0 atom stereocenters. The van der Waals surface area contributed by atoms with E-state index in [9.17, 15) is 9.59 Å². The lowest BCUT2D eigenvalue weighted by atomic mass is 10.2. The fourth-order valence-corrected chi connectivity index (χ4v) is 5.27. The quantitative estimate of drug-likeness (QED) is 0.304. The molecule has 0 saturated carbocycles. The van der Waals surface area contributed by atoms with E-state index in [1.807, 2.05) is 56.3 Å². The third-order valence-electron chi connectivity index (χ3n) is 5.19. The van der Waals surface area contributed by atoms with Crippen molar-refractivity contribution in [3.63, 3.8) is 0 Å². The molecule has 160 valence electrons. The van der Waals surface area contributed by atoms with Gasteiger partial charge in [-0.2, -0.15) is 0 Å². The number of thioether (sulfide) groups is 1. The highest BCUT2D eigenvalue weighted by Crippen LogP contribution is 2.28. The van der Waals surface area contributed by atoms with Gasteiger partial charge in [0.05, 0.1) is 23.9 Å². The molecule has 0 aliphatic carbocycles. The zero-order chi connectivity index (χ0) is 22.0. The van der Waals surface area contributed by atoms with Gasteiger partial charge in [0.15, 0.2) is 5.16 Å². The van der Waals surface area contributed by atoms with Crippen LogP contribution in [0, 0.1) is 13.8 Å². The Morgan fingerprint density at radius 2 is 1.94 bits per heavy atom. The summed E-state index contributed by atoms with van der Waals surface area (Å²) >= 11 is 2.80. The first kappa shape index (κ1) is 21.4. The smallest absolute Gasteiger partial charge is 0.262 e. The van der Waals surface area contributed by atoms with Crippen molar-refractivity contribution in [2.45, 2.75) is 32.1 Å². The van der Waals surface area contributed by atoms with E-state index in [-0.39, 0.29) is 17.2 Å². The highest BCUT2D eigenvalue weighted by molar-refractivity contribution is 7.99. The van der Waals surface area contributed by atoms with Gasteiger partial charge in [0.1, 0.15) is 10.6 Å². The molecule has 31 heavy (non-hydrogen) atoms. The molecule has 8 heteroatoms. The number of amides is 1. The third-order valence-corrected chi connectivity index (χ3v) is 7.31. The molecule has 3 heterocycles. The Labute approximate surface area is 188 Å². The maximum absolute atomic E-state index is 13.1. The van der Waals surface area contributed by atoms with E-state index in [1.54, 1.807) is 18.2 Å². The Bertz CT molecular complexity index is 1260. The monoisotopic (exact) mass is 453 g/mol. The lowest BCUT2D eigenvalue weighted by molar-refractivity contribution is -0.129. The van der Waals surface area contributed by atoms with Crippen molar-refractivity contribution in [2.75, 3.05) is 5.75 Å². The number of rotatable bonds is 7. The summed E-state index contributed by atoms with van der Waals surface area (Å²) in [5.41, 5.74) is 1.95. The van der Waals surface area contributed by atoms with Crippen LogP contribution in [-0.4, -0.2) is 26.1 Å². The molecule has 0 N–H and O–H groups in total. The van der Waals surface area contributed by atoms with Crippen molar-refractivity contribution in [3.8, 4) is 0 Å². The average Bonchev–Trinajstić information content (AvgIpc) is 3.37. The average molecular weight is 454 g/mol. The number of furan rings is 1. The van der Waals surface area contributed by atoms with Gasteiger partial charge in [0.25, 0.3) is 5.56 Å². The summed E-state index contributed by atoms with van der Waals surface area (Å²) in [6.07, 6.45) is 1.61. The predicted molar refractivity (Wildman–Crippen MR) is 124 cm³/mol. The number of benzene rings is 1. The van der Waals surface area contributed by atoms with Crippen LogP contribution in [0.2, 0.25) is 0 Å². The molecule has 0 unspecified atom stereocenters. The SMILES string of the molecule is Cc1sc2nc(SCC(=O)N(Cc3ccccc3)Cc3ccco3)n(C)c(=O)c2c1C. The number of nitrogens with zero attached hydrogens (tertiary/aromatic N) is 3. The van der Waals surface area contributed by atoms with Crippen LogP contribution in [0.5, 0.6) is 0 Å². The summed E-state index contributed by atoms with van der Waals surface area (Å²) in [5, 5.41) is 1.22. The zero-order valence-corrected chi connectivity index (χ0v) is 19.3. The van der Waals surface area contributed by atoms with Crippen molar-refractivity contribution in [2.24, 2.45) is 7.05 Å². The molecule has 0 bridgehead atoms. The number of fused-ring (bicyclic) bond motifs is 1. The maximum Gasteiger partial charge on any atom is 0.262 e. The standard InChI is InChI=1S/C23H23N3O3S2/c1-15-16(2)31-21-20(15)22(28)25(3)23(24-21)30-14-19(27)26(13-18-10-7-11-29-18)12-17-8-5-4-6-9-17/h4-11H,12-14H2,1-3H3. The third kappa shape index (κ3) is 4.60. The maximum atomic E-state index is 13.1. The van der Waals surface area contributed by atoms with E-state index in [0.29, 0.717) is 23.6 Å². The van der Waals surface area contributed by atoms with E-state index in [1.165, 1.54) is 27.7 Å². The second-order valence-corrected chi connectivity index (χ2v) is 9.47. The number of hydrogen-bond acceptors (Lipinski definition) is 6. The van der Waals surface area contributed by atoms with Gasteiger partial charge in [-0.15, -0.1) is 11.3 Å². The number of hydrogen-bond donors (Lipinski definition) is 0. The number of carbonyl (C=O) groups is 1. The number of carbonyl (C=O) groups excluding carboxylic acids is 1. The van der Waals surface area contributed by atoms with E-state index in [2.05, 4.69) is 4.98 Å². The Morgan fingerprint density at radius 1 is 1.16 bits per heavy atom. The van der Waals surface area contributed by atoms with E-state index < -0.39 is 0 Å². The van der Waals surface area contributed by atoms with Gasteiger partial charge in [0.2, 0.25) is 5.91 Å². The van der Waals surface area contributed by atoms with Gasteiger partial charge in [-0.05, 0) is 37.1 Å². The summed E-state index contributed by atoms with van der Waals surface area (Å²) < 4.78 is 6.99. The molecule has 0 fully saturated rings. The van der Waals surface area contributed by atoms with Crippen molar-refractivity contribution in [1.82, 2.24) is 14.5 Å². The predicted octanol–water partition coefficient (Wildman–Crippen LogP) is 4.53. The second-order valence-electron chi connectivity index (χ2n) is 7.33.